The molecule has 2 aliphatic heterocycles. The zero-order chi connectivity index (χ0) is 17.3. The lowest BCUT2D eigenvalue weighted by Crippen LogP contribution is -2.44. The molecule has 134 valence electrons. The van der Waals surface area contributed by atoms with Crippen molar-refractivity contribution in [1.29, 1.82) is 0 Å². The fourth-order valence-corrected chi connectivity index (χ4v) is 3.91. The molecule has 1 spiro atoms. The zero-order valence-corrected chi connectivity index (χ0v) is 15.3. The lowest BCUT2D eigenvalue weighted by atomic mass is 9.87. The molecule has 0 N–H and O–H groups in total. The molecular weight excluding hydrogens is 306 g/mol. The van der Waals surface area contributed by atoms with Gasteiger partial charge in [0.25, 0.3) is 0 Å². The van der Waals surface area contributed by atoms with Crippen LogP contribution in [0.3, 0.4) is 0 Å². The minimum atomic E-state index is -0.0873. The van der Waals surface area contributed by atoms with Crippen LogP contribution in [0.2, 0.25) is 0 Å². The molecule has 1 aromatic rings. The van der Waals surface area contributed by atoms with Crippen LogP contribution in [0.5, 0.6) is 0 Å². The molecule has 1 aromatic heterocycles. The highest BCUT2D eigenvalue weighted by molar-refractivity contribution is 5.79. The summed E-state index contributed by atoms with van der Waals surface area (Å²) < 4.78 is 11.1. The Labute approximate surface area is 144 Å². The summed E-state index contributed by atoms with van der Waals surface area (Å²) in [6, 6.07) is 0.523. The highest BCUT2D eigenvalue weighted by Gasteiger charge is 2.46. The maximum atomic E-state index is 12.7. The topological polar surface area (TPSA) is 58.8 Å². The number of hydrogen-bond donors (Lipinski definition) is 0. The molecule has 2 saturated heterocycles. The molecule has 3 rings (SSSR count). The smallest absolute Gasteiger partial charge is 0.223 e. The number of ether oxygens (including phenoxy) is 1. The Balaban J connectivity index is 1.74. The first-order valence-corrected chi connectivity index (χ1v) is 8.95. The van der Waals surface area contributed by atoms with Gasteiger partial charge in [-0.15, -0.1) is 0 Å². The third-order valence-corrected chi connectivity index (χ3v) is 5.62. The Bertz CT molecular complexity index is 581. The lowest BCUT2D eigenvalue weighted by Gasteiger charge is -2.34. The molecule has 6 heteroatoms. The second kappa shape index (κ2) is 6.84. The van der Waals surface area contributed by atoms with Crippen molar-refractivity contribution >= 4 is 5.91 Å². The zero-order valence-electron chi connectivity index (χ0n) is 15.3. The Hall–Kier alpha value is -1.40. The van der Waals surface area contributed by atoms with Crippen LogP contribution in [0.25, 0.3) is 0 Å². The first-order valence-electron chi connectivity index (χ1n) is 8.95. The van der Waals surface area contributed by atoms with Crippen LogP contribution < -0.4 is 0 Å². The number of amides is 1. The van der Waals surface area contributed by atoms with Crippen molar-refractivity contribution in [3.63, 3.8) is 0 Å². The molecule has 0 bridgehead atoms. The molecule has 2 atom stereocenters. The van der Waals surface area contributed by atoms with Gasteiger partial charge in [-0.2, -0.15) is 0 Å². The highest BCUT2D eigenvalue weighted by Crippen LogP contribution is 2.36. The molecule has 0 aliphatic carbocycles. The number of carbonyl (C=O) groups excluding carboxylic acids is 1. The molecule has 24 heavy (non-hydrogen) atoms. The summed E-state index contributed by atoms with van der Waals surface area (Å²) in [6.45, 7) is 13.0. The third kappa shape index (κ3) is 3.35. The fourth-order valence-electron chi connectivity index (χ4n) is 3.91. The number of aromatic nitrogens is 1. The van der Waals surface area contributed by atoms with Crippen molar-refractivity contribution in [2.45, 2.75) is 53.1 Å². The van der Waals surface area contributed by atoms with Gasteiger partial charge in [-0.05, 0) is 27.2 Å². The quantitative estimate of drug-likeness (QED) is 0.844. The first-order chi connectivity index (χ1) is 11.4. The Morgan fingerprint density at radius 2 is 2.12 bits per heavy atom. The Kier molecular flexibility index (Phi) is 4.97. The van der Waals surface area contributed by atoms with Crippen LogP contribution in [0, 0.1) is 19.3 Å². The summed E-state index contributed by atoms with van der Waals surface area (Å²) in [7, 11) is 0. The molecular formula is C18H29N3O3. The molecule has 0 unspecified atom stereocenters. The van der Waals surface area contributed by atoms with Crippen molar-refractivity contribution in [3.8, 4) is 0 Å². The summed E-state index contributed by atoms with van der Waals surface area (Å²) in [6.07, 6.45) is 1.69. The van der Waals surface area contributed by atoms with Gasteiger partial charge in [-0.1, -0.05) is 12.1 Å². The van der Waals surface area contributed by atoms with E-state index in [-0.39, 0.29) is 11.3 Å². The van der Waals surface area contributed by atoms with Gasteiger partial charge in [0.2, 0.25) is 5.91 Å². The van der Waals surface area contributed by atoms with Gasteiger partial charge in [0.15, 0.2) is 0 Å². The summed E-state index contributed by atoms with van der Waals surface area (Å²) in [5, 5.41) is 4.00. The largest absolute Gasteiger partial charge is 0.379 e. The monoisotopic (exact) mass is 335 g/mol. The fraction of sp³-hybridized carbons (Fsp3) is 0.778. The van der Waals surface area contributed by atoms with Gasteiger partial charge < -0.3 is 14.2 Å². The van der Waals surface area contributed by atoms with Crippen LogP contribution in [0.1, 0.15) is 43.7 Å². The van der Waals surface area contributed by atoms with E-state index in [1.807, 2.05) is 18.7 Å². The minimum absolute atomic E-state index is 0.0873. The van der Waals surface area contributed by atoms with Crippen molar-refractivity contribution in [3.05, 3.63) is 17.0 Å². The van der Waals surface area contributed by atoms with E-state index in [1.165, 1.54) is 0 Å². The number of aryl methyl sites for hydroxylation is 2. The van der Waals surface area contributed by atoms with E-state index in [1.54, 1.807) is 0 Å². The number of carbonyl (C=O) groups is 1. The van der Waals surface area contributed by atoms with Gasteiger partial charge in [-0.3, -0.25) is 9.69 Å². The van der Waals surface area contributed by atoms with Crippen molar-refractivity contribution in [2.24, 2.45) is 5.41 Å². The first kappa shape index (κ1) is 17.4. The van der Waals surface area contributed by atoms with Crippen molar-refractivity contribution < 1.29 is 14.1 Å². The van der Waals surface area contributed by atoms with Crippen molar-refractivity contribution in [1.82, 2.24) is 15.0 Å². The summed E-state index contributed by atoms with van der Waals surface area (Å²) in [5.41, 5.74) is 1.82. The average Bonchev–Trinajstić information content (AvgIpc) is 2.93. The van der Waals surface area contributed by atoms with Crippen LogP contribution in [-0.2, 0) is 16.1 Å². The standard InChI is InChI=1S/C18H29N3O3/c1-5-13(2)20-6-7-23-12-18(10-20)8-17(22)21(11-18)9-16-14(3)19-24-15(16)4/h13H,5-12H2,1-4H3/t13-,18-/m0/s1. The van der Waals surface area contributed by atoms with Crippen molar-refractivity contribution in [2.75, 3.05) is 32.8 Å². The second-order valence-electron chi connectivity index (χ2n) is 7.51. The second-order valence-corrected chi connectivity index (χ2v) is 7.51. The molecule has 2 fully saturated rings. The van der Waals surface area contributed by atoms with E-state index in [4.69, 9.17) is 9.26 Å². The minimum Gasteiger partial charge on any atom is -0.379 e. The Morgan fingerprint density at radius 3 is 2.79 bits per heavy atom. The number of hydrogen-bond acceptors (Lipinski definition) is 5. The summed E-state index contributed by atoms with van der Waals surface area (Å²) in [4.78, 5) is 17.1. The van der Waals surface area contributed by atoms with E-state index >= 15 is 0 Å². The van der Waals surface area contributed by atoms with Gasteiger partial charge in [0.05, 0.1) is 25.5 Å². The van der Waals surface area contributed by atoms with Gasteiger partial charge in [0.1, 0.15) is 5.76 Å². The van der Waals surface area contributed by atoms with Crippen LogP contribution in [0.4, 0.5) is 0 Å². The summed E-state index contributed by atoms with van der Waals surface area (Å²) >= 11 is 0. The number of nitrogens with zero attached hydrogens (tertiary/aromatic N) is 3. The molecule has 2 aliphatic rings. The van der Waals surface area contributed by atoms with Crippen LogP contribution >= 0.6 is 0 Å². The Morgan fingerprint density at radius 1 is 1.33 bits per heavy atom. The van der Waals surface area contributed by atoms with E-state index < -0.39 is 0 Å². The highest BCUT2D eigenvalue weighted by atomic mass is 16.5. The predicted octanol–water partition coefficient (Wildman–Crippen LogP) is 2.14. The molecule has 6 nitrogen and oxygen atoms in total. The molecule has 3 heterocycles. The van der Waals surface area contributed by atoms with Gasteiger partial charge in [0, 0.05) is 43.1 Å². The van der Waals surface area contributed by atoms with Crippen LogP contribution in [0.15, 0.2) is 4.52 Å². The number of rotatable bonds is 4. The molecule has 0 saturated carbocycles. The predicted molar refractivity (Wildman–Crippen MR) is 90.6 cm³/mol. The third-order valence-electron chi connectivity index (χ3n) is 5.62. The van der Waals surface area contributed by atoms with E-state index in [2.05, 4.69) is 23.9 Å². The van der Waals surface area contributed by atoms with Gasteiger partial charge in [-0.25, -0.2) is 0 Å². The van der Waals surface area contributed by atoms with E-state index in [0.717, 1.165) is 49.7 Å². The van der Waals surface area contributed by atoms with Crippen LogP contribution in [-0.4, -0.2) is 59.8 Å². The maximum absolute atomic E-state index is 12.7. The molecule has 0 radical (unpaired) electrons. The average molecular weight is 335 g/mol. The SMILES string of the molecule is CC[C@H](C)N1CCOC[C@@]2(CC(=O)N(Cc3c(C)noc3C)C2)C1. The molecule has 0 aromatic carbocycles. The normalized spacial score (nSPS) is 27.0. The maximum Gasteiger partial charge on any atom is 0.223 e. The lowest BCUT2D eigenvalue weighted by molar-refractivity contribution is -0.128. The van der Waals surface area contributed by atoms with Gasteiger partial charge >= 0.3 is 0 Å². The molecule has 1 amide bonds. The summed E-state index contributed by atoms with van der Waals surface area (Å²) in [5.74, 6) is 1.02. The van der Waals surface area contributed by atoms with E-state index in [9.17, 15) is 4.79 Å². The number of likely N-dealkylation sites (tertiary alicyclic amines) is 1. The van der Waals surface area contributed by atoms with E-state index in [0.29, 0.717) is 25.6 Å².